The number of aryl methyl sites for hydroxylation is 1. The van der Waals surface area contributed by atoms with Crippen molar-refractivity contribution in [3.05, 3.63) is 34.6 Å². The summed E-state index contributed by atoms with van der Waals surface area (Å²) < 4.78 is 5.07. The molecule has 0 saturated heterocycles. The summed E-state index contributed by atoms with van der Waals surface area (Å²) in [5.41, 5.74) is 1.78. The van der Waals surface area contributed by atoms with E-state index in [1.165, 1.54) is 0 Å². The molecule has 0 saturated carbocycles. The Balaban J connectivity index is 2.46. The number of hydrogen-bond acceptors (Lipinski definition) is 4. The minimum absolute atomic E-state index is 0.273. The zero-order valence-electron chi connectivity index (χ0n) is 8.94. The lowest BCUT2D eigenvalue weighted by molar-refractivity contribution is 0.184. The Morgan fingerprint density at radius 2 is 2.19 bits per heavy atom. The van der Waals surface area contributed by atoms with Crippen LogP contribution in [0.5, 0.6) is 0 Å². The number of rotatable bonds is 2. The second kappa shape index (κ2) is 4.23. The lowest BCUT2D eigenvalue weighted by Gasteiger charge is -2.00. The van der Waals surface area contributed by atoms with E-state index in [1.54, 1.807) is 19.1 Å². The van der Waals surface area contributed by atoms with Gasteiger partial charge in [-0.2, -0.15) is 4.98 Å². The maximum absolute atomic E-state index is 9.30. The van der Waals surface area contributed by atoms with Crippen LogP contribution in [-0.2, 0) is 0 Å². The van der Waals surface area contributed by atoms with E-state index >= 15 is 0 Å². The first-order chi connectivity index (χ1) is 7.58. The summed E-state index contributed by atoms with van der Waals surface area (Å²) in [6, 6.07) is 5.44. The highest BCUT2D eigenvalue weighted by Crippen LogP contribution is 2.25. The number of benzene rings is 1. The van der Waals surface area contributed by atoms with E-state index in [-0.39, 0.29) is 5.82 Å². The van der Waals surface area contributed by atoms with Crippen LogP contribution in [0.1, 0.15) is 24.4 Å². The Labute approximate surface area is 97.9 Å². The standard InChI is InChI=1S/C11H11ClN2O2/c1-6-3-4-8(12)5-9(6)11-13-10(7(2)15)14-16-11/h3-5,7,15H,1-2H3. The molecule has 2 rings (SSSR count). The van der Waals surface area contributed by atoms with Crippen molar-refractivity contribution in [1.29, 1.82) is 0 Å². The summed E-state index contributed by atoms with van der Waals surface area (Å²) in [6.45, 7) is 3.51. The number of aromatic nitrogens is 2. The topological polar surface area (TPSA) is 59.2 Å². The molecule has 0 amide bonds. The number of aliphatic hydroxyl groups is 1. The summed E-state index contributed by atoms with van der Waals surface area (Å²) in [5, 5.41) is 13.6. The van der Waals surface area contributed by atoms with Crippen molar-refractivity contribution >= 4 is 11.6 Å². The lowest BCUT2D eigenvalue weighted by Crippen LogP contribution is -1.93. The molecule has 16 heavy (non-hydrogen) atoms. The van der Waals surface area contributed by atoms with Crippen LogP contribution in [0, 0.1) is 6.92 Å². The van der Waals surface area contributed by atoms with Crippen molar-refractivity contribution in [3.63, 3.8) is 0 Å². The van der Waals surface area contributed by atoms with Gasteiger partial charge in [0.2, 0.25) is 0 Å². The minimum Gasteiger partial charge on any atom is -0.385 e. The van der Waals surface area contributed by atoms with Crippen molar-refractivity contribution in [2.75, 3.05) is 0 Å². The predicted octanol–water partition coefficient (Wildman–Crippen LogP) is 2.75. The molecule has 0 spiro atoms. The largest absolute Gasteiger partial charge is 0.385 e. The van der Waals surface area contributed by atoms with E-state index in [0.717, 1.165) is 11.1 Å². The fraction of sp³-hybridized carbons (Fsp3) is 0.273. The Hall–Kier alpha value is -1.39. The van der Waals surface area contributed by atoms with Crippen molar-refractivity contribution < 1.29 is 9.63 Å². The molecule has 1 heterocycles. The van der Waals surface area contributed by atoms with Gasteiger partial charge >= 0.3 is 0 Å². The zero-order chi connectivity index (χ0) is 11.7. The molecule has 84 valence electrons. The summed E-state index contributed by atoms with van der Waals surface area (Å²) in [6.07, 6.45) is -0.739. The summed E-state index contributed by atoms with van der Waals surface area (Å²) in [5.74, 6) is 0.644. The monoisotopic (exact) mass is 238 g/mol. The molecule has 2 aromatic rings. The first-order valence-electron chi connectivity index (χ1n) is 4.86. The van der Waals surface area contributed by atoms with Gasteiger partial charge in [-0.15, -0.1) is 0 Å². The van der Waals surface area contributed by atoms with Crippen molar-refractivity contribution in [1.82, 2.24) is 10.1 Å². The van der Waals surface area contributed by atoms with Crippen LogP contribution >= 0.6 is 11.6 Å². The molecule has 4 nitrogen and oxygen atoms in total. The van der Waals surface area contributed by atoms with Crippen LogP contribution in [-0.4, -0.2) is 15.2 Å². The normalized spacial score (nSPS) is 12.8. The van der Waals surface area contributed by atoms with Crippen LogP contribution in [0.15, 0.2) is 22.7 Å². The van der Waals surface area contributed by atoms with E-state index in [1.807, 2.05) is 13.0 Å². The van der Waals surface area contributed by atoms with E-state index in [4.69, 9.17) is 16.1 Å². The Morgan fingerprint density at radius 1 is 1.44 bits per heavy atom. The number of hydrogen-bond donors (Lipinski definition) is 1. The molecule has 1 aromatic heterocycles. The summed E-state index contributed by atoms with van der Waals surface area (Å²) in [7, 11) is 0. The van der Waals surface area contributed by atoms with E-state index < -0.39 is 6.10 Å². The molecular weight excluding hydrogens is 228 g/mol. The third-order valence-electron chi connectivity index (χ3n) is 2.25. The van der Waals surface area contributed by atoms with Gasteiger partial charge in [-0.05, 0) is 31.5 Å². The quantitative estimate of drug-likeness (QED) is 0.874. The van der Waals surface area contributed by atoms with Crippen molar-refractivity contribution in [3.8, 4) is 11.5 Å². The van der Waals surface area contributed by atoms with Gasteiger partial charge in [0.05, 0.1) is 0 Å². The molecule has 0 aliphatic rings. The molecule has 0 aliphatic carbocycles. The average Bonchev–Trinajstić information content (AvgIpc) is 2.70. The SMILES string of the molecule is Cc1ccc(Cl)cc1-c1nc(C(C)O)no1. The molecule has 1 aromatic carbocycles. The first kappa shape index (κ1) is 11.1. The van der Waals surface area contributed by atoms with Gasteiger partial charge < -0.3 is 9.63 Å². The molecule has 0 radical (unpaired) electrons. The second-order valence-electron chi connectivity index (χ2n) is 3.59. The van der Waals surface area contributed by atoms with Crippen molar-refractivity contribution in [2.24, 2.45) is 0 Å². The molecule has 1 atom stereocenters. The first-order valence-corrected chi connectivity index (χ1v) is 5.24. The van der Waals surface area contributed by atoms with Crippen LogP contribution in [0.25, 0.3) is 11.5 Å². The van der Waals surface area contributed by atoms with Crippen LogP contribution in [0.2, 0.25) is 5.02 Å². The molecule has 0 bridgehead atoms. The van der Waals surface area contributed by atoms with Crippen LogP contribution in [0.3, 0.4) is 0 Å². The molecule has 1 N–H and O–H groups in total. The van der Waals surface area contributed by atoms with Gasteiger partial charge in [0.1, 0.15) is 6.10 Å². The molecule has 1 unspecified atom stereocenters. The second-order valence-corrected chi connectivity index (χ2v) is 4.03. The fourth-order valence-electron chi connectivity index (χ4n) is 1.34. The smallest absolute Gasteiger partial charge is 0.258 e. The van der Waals surface area contributed by atoms with Crippen LogP contribution < -0.4 is 0 Å². The molecule has 5 heteroatoms. The highest BCUT2D eigenvalue weighted by atomic mass is 35.5. The Morgan fingerprint density at radius 3 is 2.81 bits per heavy atom. The van der Waals surface area contributed by atoms with Gasteiger partial charge in [0.25, 0.3) is 5.89 Å². The third kappa shape index (κ3) is 2.08. The molecule has 0 fully saturated rings. The van der Waals surface area contributed by atoms with E-state index in [9.17, 15) is 5.11 Å². The van der Waals surface area contributed by atoms with Gasteiger partial charge in [-0.1, -0.05) is 22.8 Å². The molecule has 0 aliphatic heterocycles. The Bertz CT molecular complexity index is 508. The van der Waals surface area contributed by atoms with Gasteiger partial charge in [-0.3, -0.25) is 0 Å². The van der Waals surface area contributed by atoms with Crippen LogP contribution in [0.4, 0.5) is 0 Å². The number of nitrogens with zero attached hydrogens (tertiary/aromatic N) is 2. The maximum Gasteiger partial charge on any atom is 0.258 e. The van der Waals surface area contributed by atoms with E-state index in [2.05, 4.69) is 10.1 Å². The Kier molecular flexibility index (Phi) is 2.94. The average molecular weight is 239 g/mol. The summed E-state index contributed by atoms with van der Waals surface area (Å²) in [4.78, 5) is 4.10. The maximum atomic E-state index is 9.30. The van der Waals surface area contributed by atoms with Gasteiger partial charge in [0.15, 0.2) is 5.82 Å². The number of aliphatic hydroxyl groups excluding tert-OH is 1. The third-order valence-corrected chi connectivity index (χ3v) is 2.48. The van der Waals surface area contributed by atoms with Crippen molar-refractivity contribution in [2.45, 2.75) is 20.0 Å². The van der Waals surface area contributed by atoms with E-state index in [0.29, 0.717) is 10.9 Å². The lowest BCUT2D eigenvalue weighted by atomic mass is 10.1. The zero-order valence-corrected chi connectivity index (χ0v) is 9.69. The number of halogens is 1. The predicted molar refractivity (Wildman–Crippen MR) is 60.1 cm³/mol. The van der Waals surface area contributed by atoms with Gasteiger partial charge in [-0.25, -0.2) is 0 Å². The highest BCUT2D eigenvalue weighted by Gasteiger charge is 2.14. The van der Waals surface area contributed by atoms with Gasteiger partial charge in [0, 0.05) is 10.6 Å². The minimum atomic E-state index is -0.739. The highest BCUT2D eigenvalue weighted by molar-refractivity contribution is 6.30. The fourth-order valence-corrected chi connectivity index (χ4v) is 1.51. The molecular formula is C11H11ClN2O2. The summed E-state index contributed by atoms with van der Waals surface area (Å²) >= 11 is 5.90.